The molecule has 0 unspecified atom stereocenters. The maximum atomic E-state index is 12.4. The number of nitrogens with zero attached hydrogens (tertiary/aromatic N) is 1. The molecule has 4 aromatic rings. The Hall–Kier alpha value is -3.60. The van der Waals surface area contributed by atoms with Crippen LogP contribution in [-0.2, 0) is 11.2 Å². The van der Waals surface area contributed by atoms with Crippen molar-refractivity contribution in [3.05, 3.63) is 84.3 Å². The zero-order valence-electron chi connectivity index (χ0n) is 15.0. The van der Waals surface area contributed by atoms with Crippen molar-refractivity contribution in [3.8, 4) is 0 Å². The molecule has 0 atom stereocenters. The summed E-state index contributed by atoms with van der Waals surface area (Å²) < 4.78 is 0. The molecule has 0 aliphatic carbocycles. The molecule has 0 saturated carbocycles. The number of hydrogen-bond donors (Lipinski definition) is 3. The number of aryl methyl sites for hydroxylation is 1. The molecule has 0 spiro atoms. The molecule has 134 valence electrons. The minimum absolute atomic E-state index is 0.0437. The Balaban J connectivity index is 1.43. The van der Waals surface area contributed by atoms with Crippen LogP contribution in [-0.4, -0.2) is 15.9 Å². The van der Waals surface area contributed by atoms with Crippen LogP contribution in [0.15, 0.2) is 73.1 Å². The van der Waals surface area contributed by atoms with Gasteiger partial charge in [0.05, 0.1) is 6.42 Å². The van der Waals surface area contributed by atoms with E-state index in [0.717, 1.165) is 39.2 Å². The molecule has 0 aliphatic rings. The molecule has 27 heavy (non-hydrogen) atoms. The maximum absolute atomic E-state index is 12.4. The fourth-order valence-electron chi connectivity index (χ4n) is 3.07. The van der Waals surface area contributed by atoms with E-state index in [1.807, 2.05) is 73.8 Å². The molecule has 2 aromatic carbocycles. The van der Waals surface area contributed by atoms with Gasteiger partial charge in [-0.05, 0) is 60.3 Å². The molecule has 4 rings (SSSR count). The third-order valence-electron chi connectivity index (χ3n) is 4.32. The number of aromatic amines is 1. The zero-order chi connectivity index (χ0) is 18.6. The van der Waals surface area contributed by atoms with E-state index >= 15 is 0 Å². The first-order valence-electron chi connectivity index (χ1n) is 8.81. The summed E-state index contributed by atoms with van der Waals surface area (Å²) in [4.78, 5) is 19.8. The van der Waals surface area contributed by atoms with Gasteiger partial charge in [0.2, 0.25) is 5.91 Å². The summed E-state index contributed by atoms with van der Waals surface area (Å²) >= 11 is 0. The fourth-order valence-corrected chi connectivity index (χ4v) is 3.07. The van der Waals surface area contributed by atoms with Crippen LogP contribution in [0.1, 0.15) is 11.3 Å². The van der Waals surface area contributed by atoms with Crippen LogP contribution in [0.5, 0.6) is 0 Å². The van der Waals surface area contributed by atoms with Gasteiger partial charge >= 0.3 is 0 Å². The lowest BCUT2D eigenvalue weighted by molar-refractivity contribution is -0.115. The van der Waals surface area contributed by atoms with E-state index in [4.69, 9.17) is 0 Å². The van der Waals surface area contributed by atoms with Crippen molar-refractivity contribution in [3.63, 3.8) is 0 Å². The molecule has 1 amide bonds. The first-order valence-corrected chi connectivity index (χ1v) is 8.81. The second-order valence-corrected chi connectivity index (χ2v) is 6.52. The van der Waals surface area contributed by atoms with Crippen LogP contribution in [0.2, 0.25) is 0 Å². The van der Waals surface area contributed by atoms with Crippen molar-refractivity contribution in [1.29, 1.82) is 0 Å². The van der Waals surface area contributed by atoms with Gasteiger partial charge in [0.1, 0.15) is 0 Å². The number of hydrogen-bond acceptors (Lipinski definition) is 3. The van der Waals surface area contributed by atoms with Crippen molar-refractivity contribution in [2.75, 3.05) is 10.6 Å². The van der Waals surface area contributed by atoms with Crippen LogP contribution in [0, 0.1) is 6.92 Å². The first-order chi connectivity index (χ1) is 13.2. The summed E-state index contributed by atoms with van der Waals surface area (Å²) in [5.41, 5.74) is 5.61. The Morgan fingerprint density at radius 3 is 2.78 bits per heavy atom. The molecular formula is C22H20N4O. The van der Waals surface area contributed by atoms with Crippen LogP contribution in [0.3, 0.4) is 0 Å². The van der Waals surface area contributed by atoms with Gasteiger partial charge in [0.15, 0.2) is 0 Å². The smallest absolute Gasteiger partial charge is 0.228 e. The SMILES string of the molecule is Cc1cc(Nc2cccc(CC(=O)Nc3ccc4cc[nH]c4c3)c2)ccn1. The second-order valence-electron chi connectivity index (χ2n) is 6.52. The summed E-state index contributed by atoms with van der Waals surface area (Å²) in [5.74, 6) is -0.0437. The minimum Gasteiger partial charge on any atom is -0.361 e. The van der Waals surface area contributed by atoms with Gasteiger partial charge in [0.25, 0.3) is 0 Å². The third-order valence-corrected chi connectivity index (χ3v) is 4.32. The van der Waals surface area contributed by atoms with Gasteiger partial charge in [0, 0.05) is 40.7 Å². The lowest BCUT2D eigenvalue weighted by Crippen LogP contribution is -2.14. The van der Waals surface area contributed by atoms with E-state index in [2.05, 4.69) is 20.6 Å². The Labute approximate surface area is 157 Å². The maximum Gasteiger partial charge on any atom is 0.228 e. The van der Waals surface area contributed by atoms with E-state index in [9.17, 15) is 4.79 Å². The number of fused-ring (bicyclic) bond motifs is 1. The van der Waals surface area contributed by atoms with Crippen LogP contribution in [0.4, 0.5) is 17.1 Å². The zero-order valence-corrected chi connectivity index (χ0v) is 15.0. The number of carbonyl (C=O) groups is 1. The average molecular weight is 356 g/mol. The van der Waals surface area contributed by atoms with Gasteiger partial charge < -0.3 is 15.6 Å². The van der Waals surface area contributed by atoms with E-state index in [1.165, 1.54) is 0 Å². The highest BCUT2D eigenvalue weighted by molar-refractivity contribution is 5.94. The number of anilines is 3. The number of benzene rings is 2. The third kappa shape index (κ3) is 4.15. The quantitative estimate of drug-likeness (QED) is 0.481. The second kappa shape index (κ2) is 7.33. The van der Waals surface area contributed by atoms with E-state index in [-0.39, 0.29) is 5.91 Å². The standard InChI is InChI=1S/C22H20N4O/c1-15-11-20(8-10-23-15)25-18-4-2-3-16(12-18)13-22(27)26-19-6-5-17-7-9-24-21(17)14-19/h2-12,14,24H,13H2,1H3,(H,23,25)(H,26,27). The summed E-state index contributed by atoms with van der Waals surface area (Å²) in [6.45, 7) is 1.95. The van der Waals surface area contributed by atoms with Crippen molar-refractivity contribution in [1.82, 2.24) is 9.97 Å². The van der Waals surface area contributed by atoms with E-state index in [0.29, 0.717) is 6.42 Å². The van der Waals surface area contributed by atoms with Crippen molar-refractivity contribution >= 4 is 33.9 Å². The number of H-pyrrole nitrogens is 1. The van der Waals surface area contributed by atoms with Crippen molar-refractivity contribution in [2.45, 2.75) is 13.3 Å². The van der Waals surface area contributed by atoms with Crippen LogP contribution in [0.25, 0.3) is 10.9 Å². The first kappa shape index (κ1) is 16.8. The summed E-state index contributed by atoms with van der Waals surface area (Å²) in [5, 5.41) is 7.43. The highest BCUT2D eigenvalue weighted by Crippen LogP contribution is 2.20. The normalized spacial score (nSPS) is 10.7. The molecule has 2 aromatic heterocycles. The molecule has 0 saturated heterocycles. The molecule has 5 heteroatoms. The number of nitrogens with one attached hydrogen (secondary N) is 3. The summed E-state index contributed by atoms with van der Waals surface area (Å²) in [6, 6.07) is 19.6. The number of carbonyl (C=O) groups excluding carboxylic acids is 1. The highest BCUT2D eigenvalue weighted by atomic mass is 16.1. The Kier molecular flexibility index (Phi) is 4.58. The minimum atomic E-state index is -0.0437. The summed E-state index contributed by atoms with van der Waals surface area (Å²) in [6.07, 6.45) is 3.97. The lowest BCUT2D eigenvalue weighted by Gasteiger charge is -2.09. The molecule has 0 aliphatic heterocycles. The molecular weight excluding hydrogens is 336 g/mol. The molecule has 0 radical (unpaired) electrons. The largest absolute Gasteiger partial charge is 0.361 e. The molecule has 2 heterocycles. The van der Waals surface area contributed by atoms with Gasteiger partial charge in [-0.3, -0.25) is 9.78 Å². The number of aromatic nitrogens is 2. The van der Waals surface area contributed by atoms with Crippen LogP contribution < -0.4 is 10.6 Å². The Morgan fingerprint density at radius 2 is 1.89 bits per heavy atom. The Bertz CT molecular complexity index is 1100. The number of amides is 1. The summed E-state index contributed by atoms with van der Waals surface area (Å²) in [7, 11) is 0. The lowest BCUT2D eigenvalue weighted by atomic mass is 10.1. The fraction of sp³-hybridized carbons (Fsp3) is 0.0909. The van der Waals surface area contributed by atoms with E-state index in [1.54, 1.807) is 6.20 Å². The monoisotopic (exact) mass is 356 g/mol. The Morgan fingerprint density at radius 1 is 1.00 bits per heavy atom. The molecule has 0 bridgehead atoms. The van der Waals surface area contributed by atoms with Crippen molar-refractivity contribution < 1.29 is 4.79 Å². The number of rotatable bonds is 5. The number of pyridine rings is 1. The van der Waals surface area contributed by atoms with Crippen molar-refractivity contribution in [2.24, 2.45) is 0 Å². The molecule has 0 fully saturated rings. The predicted molar refractivity (Wildman–Crippen MR) is 109 cm³/mol. The molecule has 3 N–H and O–H groups in total. The van der Waals surface area contributed by atoms with E-state index < -0.39 is 0 Å². The van der Waals surface area contributed by atoms with Gasteiger partial charge in [-0.2, -0.15) is 0 Å². The van der Waals surface area contributed by atoms with Gasteiger partial charge in [-0.25, -0.2) is 0 Å². The van der Waals surface area contributed by atoms with Gasteiger partial charge in [-0.1, -0.05) is 18.2 Å². The highest BCUT2D eigenvalue weighted by Gasteiger charge is 2.06. The van der Waals surface area contributed by atoms with Gasteiger partial charge in [-0.15, -0.1) is 0 Å². The average Bonchev–Trinajstić information content (AvgIpc) is 3.09. The topological polar surface area (TPSA) is 69.8 Å². The molecule has 5 nitrogen and oxygen atoms in total. The van der Waals surface area contributed by atoms with Crippen LogP contribution >= 0.6 is 0 Å². The predicted octanol–water partition coefficient (Wildman–Crippen LogP) is 4.80.